The van der Waals surface area contributed by atoms with Gasteiger partial charge in [-0.3, -0.25) is 0 Å². The molecule has 0 aromatic heterocycles. The van der Waals surface area contributed by atoms with E-state index in [1.54, 1.807) is 18.2 Å². The first-order valence-corrected chi connectivity index (χ1v) is 5.10. The van der Waals surface area contributed by atoms with E-state index < -0.39 is 12.8 Å². The number of hydrogen-bond donors (Lipinski definition) is 2. The molecular formula is C11H14F3NO2. The number of alkyl halides is 3. The number of rotatable bonds is 6. The average Bonchev–Trinajstić information content (AvgIpc) is 2.22. The van der Waals surface area contributed by atoms with Gasteiger partial charge in [-0.05, 0) is 17.7 Å². The average molecular weight is 249 g/mol. The molecule has 6 heteroatoms. The number of phenolic OH excluding ortho intramolecular Hbond substituents is 1. The first-order chi connectivity index (χ1) is 7.97. The summed E-state index contributed by atoms with van der Waals surface area (Å²) in [6.07, 6.45) is -4.27. The Hall–Kier alpha value is -1.27. The Morgan fingerprint density at radius 1 is 1.29 bits per heavy atom. The Morgan fingerprint density at radius 2 is 2.06 bits per heavy atom. The van der Waals surface area contributed by atoms with Crippen molar-refractivity contribution in [2.75, 3.05) is 19.8 Å². The van der Waals surface area contributed by atoms with Crippen LogP contribution in [0.3, 0.4) is 0 Å². The first kappa shape index (κ1) is 13.8. The molecule has 0 aliphatic rings. The van der Waals surface area contributed by atoms with Crippen LogP contribution in [0.2, 0.25) is 0 Å². The van der Waals surface area contributed by atoms with Gasteiger partial charge in [0.05, 0.1) is 6.61 Å². The second-order valence-corrected chi connectivity index (χ2v) is 3.51. The monoisotopic (exact) mass is 249 g/mol. The van der Waals surface area contributed by atoms with Crippen molar-refractivity contribution in [2.24, 2.45) is 0 Å². The van der Waals surface area contributed by atoms with Crippen LogP contribution in [-0.4, -0.2) is 31.0 Å². The topological polar surface area (TPSA) is 41.5 Å². The molecule has 2 N–H and O–H groups in total. The Bertz CT molecular complexity index is 342. The van der Waals surface area contributed by atoms with Crippen LogP contribution in [0.25, 0.3) is 0 Å². The van der Waals surface area contributed by atoms with Gasteiger partial charge in [-0.1, -0.05) is 12.1 Å². The summed E-state index contributed by atoms with van der Waals surface area (Å²) in [5.74, 6) is 0.164. The Kier molecular flexibility index (Phi) is 5.24. The van der Waals surface area contributed by atoms with E-state index in [0.29, 0.717) is 13.1 Å². The third-order valence-corrected chi connectivity index (χ3v) is 1.93. The second-order valence-electron chi connectivity index (χ2n) is 3.51. The molecule has 0 aliphatic carbocycles. The summed E-state index contributed by atoms with van der Waals surface area (Å²) in [5, 5.41) is 12.1. The van der Waals surface area contributed by atoms with Crippen molar-refractivity contribution in [3.05, 3.63) is 29.8 Å². The molecule has 0 saturated heterocycles. The minimum atomic E-state index is -4.27. The van der Waals surface area contributed by atoms with Crippen LogP contribution in [0, 0.1) is 0 Å². The van der Waals surface area contributed by atoms with E-state index in [9.17, 15) is 13.2 Å². The lowest BCUT2D eigenvalue weighted by molar-refractivity contribution is -0.173. The van der Waals surface area contributed by atoms with E-state index in [1.165, 1.54) is 0 Å². The maximum atomic E-state index is 11.7. The van der Waals surface area contributed by atoms with Crippen molar-refractivity contribution in [3.8, 4) is 5.75 Å². The Balaban J connectivity index is 2.09. The summed E-state index contributed by atoms with van der Waals surface area (Å²) in [5.41, 5.74) is 0.862. The molecule has 0 amide bonds. The van der Waals surface area contributed by atoms with Crippen LogP contribution in [-0.2, 0) is 11.3 Å². The van der Waals surface area contributed by atoms with Crippen LogP contribution >= 0.6 is 0 Å². The van der Waals surface area contributed by atoms with E-state index >= 15 is 0 Å². The zero-order valence-electron chi connectivity index (χ0n) is 9.13. The maximum Gasteiger partial charge on any atom is 0.411 e. The highest BCUT2D eigenvalue weighted by Gasteiger charge is 2.27. The van der Waals surface area contributed by atoms with Gasteiger partial charge < -0.3 is 15.2 Å². The largest absolute Gasteiger partial charge is 0.508 e. The normalized spacial score (nSPS) is 11.7. The number of hydrogen-bond acceptors (Lipinski definition) is 3. The molecule has 0 bridgehead atoms. The van der Waals surface area contributed by atoms with Crippen molar-refractivity contribution in [2.45, 2.75) is 12.7 Å². The minimum absolute atomic E-state index is 0.00166. The van der Waals surface area contributed by atoms with Gasteiger partial charge in [0.25, 0.3) is 0 Å². The predicted molar refractivity (Wildman–Crippen MR) is 56.7 cm³/mol. The van der Waals surface area contributed by atoms with Gasteiger partial charge in [-0.25, -0.2) is 0 Å². The molecule has 0 atom stereocenters. The van der Waals surface area contributed by atoms with Crippen molar-refractivity contribution < 1.29 is 23.0 Å². The standard InChI is InChI=1S/C11H14F3NO2/c12-11(13,14)8-17-5-4-15-7-9-2-1-3-10(16)6-9/h1-3,6,15-16H,4-5,7-8H2. The van der Waals surface area contributed by atoms with Crippen molar-refractivity contribution in [1.29, 1.82) is 0 Å². The molecule has 0 spiro atoms. The van der Waals surface area contributed by atoms with E-state index in [1.807, 2.05) is 6.07 Å². The van der Waals surface area contributed by atoms with E-state index in [0.717, 1.165) is 5.56 Å². The van der Waals surface area contributed by atoms with Gasteiger partial charge in [0.15, 0.2) is 0 Å². The minimum Gasteiger partial charge on any atom is -0.508 e. The quantitative estimate of drug-likeness (QED) is 0.758. The fourth-order valence-electron chi connectivity index (χ4n) is 1.23. The fourth-order valence-corrected chi connectivity index (χ4v) is 1.23. The Morgan fingerprint density at radius 3 is 2.71 bits per heavy atom. The van der Waals surface area contributed by atoms with Crippen LogP contribution < -0.4 is 5.32 Å². The zero-order chi connectivity index (χ0) is 12.7. The molecule has 1 aromatic rings. The Labute approximate surface area is 97.2 Å². The van der Waals surface area contributed by atoms with E-state index in [2.05, 4.69) is 10.1 Å². The van der Waals surface area contributed by atoms with E-state index in [-0.39, 0.29) is 12.4 Å². The highest BCUT2D eigenvalue weighted by atomic mass is 19.4. The van der Waals surface area contributed by atoms with Gasteiger partial charge in [0.1, 0.15) is 12.4 Å². The van der Waals surface area contributed by atoms with Crippen molar-refractivity contribution >= 4 is 0 Å². The molecule has 0 heterocycles. The third kappa shape index (κ3) is 6.80. The molecule has 0 unspecified atom stereocenters. The van der Waals surface area contributed by atoms with Crippen molar-refractivity contribution in [1.82, 2.24) is 5.32 Å². The summed E-state index contributed by atoms with van der Waals surface area (Å²) in [7, 11) is 0. The summed E-state index contributed by atoms with van der Waals surface area (Å²) < 4.78 is 39.5. The summed E-state index contributed by atoms with van der Waals surface area (Å²) in [6, 6.07) is 6.65. The first-order valence-electron chi connectivity index (χ1n) is 5.10. The third-order valence-electron chi connectivity index (χ3n) is 1.93. The predicted octanol–water partition coefficient (Wildman–Crippen LogP) is 2.06. The number of benzene rings is 1. The number of halogens is 3. The lowest BCUT2D eigenvalue weighted by Gasteiger charge is -2.08. The zero-order valence-corrected chi connectivity index (χ0v) is 9.13. The van der Waals surface area contributed by atoms with Crippen LogP contribution in [0.4, 0.5) is 13.2 Å². The smallest absolute Gasteiger partial charge is 0.411 e. The molecule has 1 rings (SSSR count). The molecule has 3 nitrogen and oxygen atoms in total. The molecule has 0 radical (unpaired) electrons. The van der Waals surface area contributed by atoms with Crippen LogP contribution in [0.1, 0.15) is 5.56 Å². The summed E-state index contributed by atoms with van der Waals surface area (Å²) in [6.45, 7) is -0.422. The number of phenols is 1. The molecule has 0 saturated carbocycles. The van der Waals surface area contributed by atoms with Crippen LogP contribution in [0.5, 0.6) is 5.75 Å². The molecule has 96 valence electrons. The van der Waals surface area contributed by atoms with Crippen molar-refractivity contribution in [3.63, 3.8) is 0 Å². The second kappa shape index (κ2) is 6.46. The van der Waals surface area contributed by atoms with Crippen LogP contribution in [0.15, 0.2) is 24.3 Å². The number of aromatic hydroxyl groups is 1. The molecule has 0 aliphatic heterocycles. The SMILES string of the molecule is Oc1cccc(CNCCOCC(F)(F)F)c1. The summed E-state index contributed by atoms with van der Waals surface area (Å²) >= 11 is 0. The highest BCUT2D eigenvalue weighted by Crippen LogP contribution is 2.14. The van der Waals surface area contributed by atoms with Gasteiger partial charge >= 0.3 is 6.18 Å². The van der Waals surface area contributed by atoms with Gasteiger partial charge in [-0.2, -0.15) is 13.2 Å². The molecular weight excluding hydrogens is 235 g/mol. The lowest BCUT2D eigenvalue weighted by Crippen LogP contribution is -2.23. The lowest BCUT2D eigenvalue weighted by atomic mass is 10.2. The molecule has 17 heavy (non-hydrogen) atoms. The van der Waals surface area contributed by atoms with Gasteiger partial charge in [-0.15, -0.1) is 0 Å². The highest BCUT2D eigenvalue weighted by molar-refractivity contribution is 5.26. The number of nitrogens with one attached hydrogen (secondary N) is 1. The fraction of sp³-hybridized carbons (Fsp3) is 0.455. The van der Waals surface area contributed by atoms with E-state index in [4.69, 9.17) is 5.11 Å². The summed E-state index contributed by atoms with van der Waals surface area (Å²) in [4.78, 5) is 0. The molecule has 0 fully saturated rings. The maximum absolute atomic E-state index is 11.7. The molecule has 1 aromatic carbocycles. The van der Waals surface area contributed by atoms with Gasteiger partial charge in [0, 0.05) is 13.1 Å². The van der Waals surface area contributed by atoms with Gasteiger partial charge in [0.2, 0.25) is 0 Å². The number of ether oxygens (including phenoxy) is 1.